The van der Waals surface area contributed by atoms with Crippen LogP contribution in [0.25, 0.3) is 6.08 Å². The maximum absolute atomic E-state index is 13.0. The average molecular weight is 497 g/mol. The van der Waals surface area contributed by atoms with Crippen LogP contribution in [0, 0.1) is 0 Å². The molecule has 0 saturated carbocycles. The number of carbonyl (C=O) groups is 3. The maximum Gasteiger partial charge on any atom is 0.335 e. The molecule has 1 aliphatic rings. The normalized spacial score (nSPS) is 14.9. The lowest BCUT2D eigenvalue weighted by Gasteiger charge is -2.26. The minimum Gasteiger partial charge on any atom is -0.497 e. The van der Waals surface area contributed by atoms with Crippen molar-refractivity contribution in [2.75, 3.05) is 12.0 Å². The van der Waals surface area contributed by atoms with Crippen molar-refractivity contribution in [2.24, 2.45) is 0 Å². The van der Waals surface area contributed by atoms with Crippen LogP contribution >= 0.6 is 23.2 Å². The second-order valence-electron chi connectivity index (χ2n) is 7.26. The Morgan fingerprint density at radius 2 is 1.65 bits per heavy atom. The Morgan fingerprint density at radius 3 is 2.29 bits per heavy atom. The molecule has 1 aliphatic heterocycles. The standard InChI is InChI=1S/C25H18Cl2N2O5/c1-33-19-9-7-18(8-10-19)29-24(31)20(23(30)28-25(29)32)12-16-4-11-22(21(27)13-16)34-14-15-2-5-17(26)6-3-15/h2-13H,14H2,1H3,(H,28,30,32)/b20-12+. The molecule has 4 rings (SSSR count). The number of barbiturate groups is 1. The molecule has 0 bridgehead atoms. The number of anilines is 1. The molecule has 4 amide bonds. The van der Waals surface area contributed by atoms with Crippen LogP contribution in [0.2, 0.25) is 10.0 Å². The zero-order chi connectivity index (χ0) is 24.2. The van der Waals surface area contributed by atoms with Gasteiger partial charge in [0, 0.05) is 5.02 Å². The summed E-state index contributed by atoms with van der Waals surface area (Å²) < 4.78 is 10.9. The predicted molar refractivity (Wildman–Crippen MR) is 129 cm³/mol. The minimum absolute atomic E-state index is 0.207. The number of amides is 4. The zero-order valence-electron chi connectivity index (χ0n) is 17.9. The van der Waals surface area contributed by atoms with Crippen molar-refractivity contribution in [1.82, 2.24) is 5.32 Å². The second kappa shape index (κ2) is 9.99. The fourth-order valence-electron chi connectivity index (χ4n) is 3.26. The number of urea groups is 1. The first-order valence-electron chi connectivity index (χ1n) is 10.1. The molecule has 7 nitrogen and oxygen atoms in total. The SMILES string of the molecule is COc1ccc(N2C(=O)NC(=O)/C(=C\c3ccc(OCc4ccc(Cl)cc4)c(Cl)c3)C2=O)cc1. The molecule has 9 heteroatoms. The summed E-state index contributed by atoms with van der Waals surface area (Å²) in [6, 6.07) is 17.6. The van der Waals surface area contributed by atoms with Gasteiger partial charge >= 0.3 is 6.03 Å². The zero-order valence-corrected chi connectivity index (χ0v) is 19.4. The lowest BCUT2D eigenvalue weighted by atomic mass is 10.1. The van der Waals surface area contributed by atoms with E-state index in [0.717, 1.165) is 10.5 Å². The number of methoxy groups -OCH3 is 1. The summed E-state index contributed by atoms with van der Waals surface area (Å²) in [6.45, 7) is 0.289. The van der Waals surface area contributed by atoms with Crippen LogP contribution in [-0.2, 0) is 16.2 Å². The highest BCUT2D eigenvalue weighted by molar-refractivity contribution is 6.39. The summed E-state index contributed by atoms with van der Waals surface area (Å²) in [5.74, 6) is -0.543. The number of ether oxygens (including phenoxy) is 2. The van der Waals surface area contributed by atoms with E-state index in [1.165, 1.54) is 13.2 Å². The highest BCUT2D eigenvalue weighted by Gasteiger charge is 2.36. The molecule has 1 N–H and O–H groups in total. The van der Waals surface area contributed by atoms with Crippen LogP contribution < -0.4 is 19.7 Å². The highest BCUT2D eigenvalue weighted by Crippen LogP contribution is 2.29. The first kappa shape index (κ1) is 23.4. The van der Waals surface area contributed by atoms with Gasteiger partial charge in [-0.15, -0.1) is 0 Å². The van der Waals surface area contributed by atoms with Crippen LogP contribution in [0.15, 0.2) is 72.3 Å². The van der Waals surface area contributed by atoms with Crippen LogP contribution in [0.1, 0.15) is 11.1 Å². The van der Waals surface area contributed by atoms with Gasteiger partial charge in [0.25, 0.3) is 11.8 Å². The van der Waals surface area contributed by atoms with Crippen molar-refractivity contribution in [2.45, 2.75) is 6.61 Å². The minimum atomic E-state index is -0.832. The van der Waals surface area contributed by atoms with Gasteiger partial charge in [0.2, 0.25) is 0 Å². The number of nitrogens with one attached hydrogen (secondary N) is 1. The molecule has 0 spiro atoms. The quantitative estimate of drug-likeness (QED) is 0.372. The Hall–Kier alpha value is -3.81. The van der Waals surface area contributed by atoms with Gasteiger partial charge in [-0.05, 0) is 65.7 Å². The van der Waals surface area contributed by atoms with Gasteiger partial charge in [-0.2, -0.15) is 0 Å². The summed E-state index contributed by atoms with van der Waals surface area (Å²) in [5.41, 5.74) is 1.50. The number of carbonyl (C=O) groups excluding carboxylic acids is 3. The topological polar surface area (TPSA) is 84.9 Å². The Balaban J connectivity index is 1.54. The molecule has 1 fully saturated rings. The van der Waals surface area contributed by atoms with E-state index >= 15 is 0 Å². The second-order valence-corrected chi connectivity index (χ2v) is 8.10. The summed E-state index contributed by atoms with van der Waals surface area (Å²) in [7, 11) is 1.51. The van der Waals surface area contributed by atoms with Crippen molar-refractivity contribution in [3.05, 3.63) is 93.5 Å². The molecule has 172 valence electrons. The molecular weight excluding hydrogens is 479 g/mol. The van der Waals surface area contributed by atoms with E-state index in [0.29, 0.717) is 32.8 Å². The summed E-state index contributed by atoms with van der Waals surface area (Å²) in [6.07, 6.45) is 1.37. The number of nitrogens with zero attached hydrogens (tertiary/aromatic N) is 1. The lowest BCUT2D eigenvalue weighted by Crippen LogP contribution is -2.54. The average Bonchev–Trinajstić information content (AvgIpc) is 2.82. The molecular formula is C25H18Cl2N2O5. The smallest absolute Gasteiger partial charge is 0.335 e. The predicted octanol–water partition coefficient (Wildman–Crippen LogP) is 5.25. The fraction of sp³-hybridized carbons (Fsp3) is 0.0800. The first-order valence-corrected chi connectivity index (χ1v) is 10.8. The Labute approximate surface area is 205 Å². The molecule has 0 aromatic heterocycles. The van der Waals surface area contributed by atoms with Gasteiger partial charge < -0.3 is 9.47 Å². The molecule has 0 aliphatic carbocycles. The monoisotopic (exact) mass is 496 g/mol. The molecule has 34 heavy (non-hydrogen) atoms. The van der Waals surface area contributed by atoms with Gasteiger partial charge in [-0.3, -0.25) is 14.9 Å². The molecule has 1 heterocycles. The van der Waals surface area contributed by atoms with Gasteiger partial charge in [0.15, 0.2) is 0 Å². The molecule has 0 unspecified atom stereocenters. The number of benzene rings is 3. The number of hydrogen-bond donors (Lipinski definition) is 1. The molecule has 0 atom stereocenters. The molecule has 1 saturated heterocycles. The Kier molecular flexibility index (Phi) is 6.86. The van der Waals surface area contributed by atoms with Gasteiger partial charge in [-0.25, -0.2) is 9.69 Å². The van der Waals surface area contributed by atoms with Crippen molar-refractivity contribution < 1.29 is 23.9 Å². The van der Waals surface area contributed by atoms with Crippen molar-refractivity contribution in [3.63, 3.8) is 0 Å². The maximum atomic E-state index is 13.0. The summed E-state index contributed by atoms with van der Waals surface area (Å²) in [5, 5.41) is 3.12. The summed E-state index contributed by atoms with van der Waals surface area (Å²) >= 11 is 12.2. The van der Waals surface area contributed by atoms with E-state index in [4.69, 9.17) is 32.7 Å². The summed E-state index contributed by atoms with van der Waals surface area (Å²) in [4.78, 5) is 38.6. The third-order valence-electron chi connectivity index (χ3n) is 5.01. The van der Waals surface area contributed by atoms with E-state index < -0.39 is 17.8 Å². The van der Waals surface area contributed by atoms with E-state index in [2.05, 4.69) is 5.32 Å². The Bertz CT molecular complexity index is 1290. The largest absolute Gasteiger partial charge is 0.497 e. The fourth-order valence-corrected chi connectivity index (χ4v) is 3.63. The van der Waals surface area contributed by atoms with E-state index in [9.17, 15) is 14.4 Å². The number of hydrogen-bond acceptors (Lipinski definition) is 5. The number of halogens is 2. The van der Waals surface area contributed by atoms with Crippen LogP contribution in [0.4, 0.5) is 10.5 Å². The van der Waals surface area contributed by atoms with Crippen molar-refractivity contribution in [1.29, 1.82) is 0 Å². The van der Waals surface area contributed by atoms with Gasteiger partial charge in [-0.1, -0.05) is 41.4 Å². The molecule has 0 radical (unpaired) electrons. The highest BCUT2D eigenvalue weighted by atomic mass is 35.5. The third kappa shape index (κ3) is 5.06. The first-order chi connectivity index (χ1) is 16.4. The van der Waals surface area contributed by atoms with E-state index in [1.54, 1.807) is 54.6 Å². The third-order valence-corrected chi connectivity index (χ3v) is 5.55. The van der Waals surface area contributed by atoms with Gasteiger partial charge in [0.1, 0.15) is 23.7 Å². The van der Waals surface area contributed by atoms with Crippen molar-refractivity contribution in [3.8, 4) is 11.5 Å². The molecule has 3 aromatic rings. The number of rotatable bonds is 6. The van der Waals surface area contributed by atoms with Crippen LogP contribution in [-0.4, -0.2) is 25.0 Å². The van der Waals surface area contributed by atoms with Crippen LogP contribution in [0.3, 0.4) is 0 Å². The molecule has 3 aromatic carbocycles. The Morgan fingerprint density at radius 1 is 0.941 bits per heavy atom. The lowest BCUT2D eigenvalue weighted by molar-refractivity contribution is -0.122. The van der Waals surface area contributed by atoms with Gasteiger partial charge in [0.05, 0.1) is 17.8 Å². The van der Waals surface area contributed by atoms with Crippen molar-refractivity contribution >= 4 is 52.8 Å². The van der Waals surface area contributed by atoms with E-state index in [-0.39, 0.29) is 12.2 Å². The number of imide groups is 2. The van der Waals surface area contributed by atoms with E-state index in [1.807, 2.05) is 12.1 Å². The van der Waals surface area contributed by atoms with Crippen LogP contribution in [0.5, 0.6) is 11.5 Å².